The first kappa shape index (κ1) is 14.0. The number of rotatable bonds is 3. The summed E-state index contributed by atoms with van der Waals surface area (Å²) in [6, 6.07) is 7.95. The summed E-state index contributed by atoms with van der Waals surface area (Å²) in [5.74, 6) is 0.891. The van der Waals surface area contributed by atoms with Crippen LogP contribution in [-0.2, 0) is 0 Å². The SMILES string of the molecule is CCOc1ccc(NC2=NC(C)(C)C=C(C)S2)cc1. The molecule has 0 radical (unpaired) electrons. The number of ether oxygens (including phenoxy) is 1. The second-order valence-corrected chi connectivity index (χ2v) is 6.24. The van der Waals surface area contributed by atoms with Crippen LogP contribution in [0.15, 0.2) is 40.2 Å². The lowest BCUT2D eigenvalue weighted by molar-refractivity contribution is 0.340. The van der Waals surface area contributed by atoms with Gasteiger partial charge in [-0.2, -0.15) is 0 Å². The Labute approximate surface area is 119 Å². The fourth-order valence-electron chi connectivity index (χ4n) is 1.97. The molecule has 0 fully saturated rings. The van der Waals surface area contributed by atoms with Crippen LogP contribution in [0.2, 0.25) is 0 Å². The van der Waals surface area contributed by atoms with E-state index < -0.39 is 0 Å². The van der Waals surface area contributed by atoms with E-state index in [1.165, 1.54) is 4.91 Å². The van der Waals surface area contributed by atoms with Crippen molar-refractivity contribution in [3.63, 3.8) is 0 Å². The van der Waals surface area contributed by atoms with E-state index in [1.807, 2.05) is 31.2 Å². The van der Waals surface area contributed by atoms with Crippen molar-refractivity contribution in [3.8, 4) is 5.75 Å². The number of benzene rings is 1. The lowest BCUT2D eigenvalue weighted by Crippen LogP contribution is -2.22. The molecular weight excluding hydrogens is 256 g/mol. The van der Waals surface area contributed by atoms with E-state index >= 15 is 0 Å². The molecule has 0 aliphatic carbocycles. The molecule has 1 aromatic carbocycles. The van der Waals surface area contributed by atoms with Crippen LogP contribution in [0.5, 0.6) is 5.75 Å². The van der Waals surface area contributed by atoms with Crippen LogP contribution in [0.4, 0.5) is 5.69 Å². The Hall–Kier alpha value is -1.42. The molecule has 1 aromatic rings. The first-order valence-corrected chi connectivity index (χ1v) is 7.27. The Kier molecular flexibility index (Phi) is 4.20. The molecular formula is C15H20N2OS. The van der Waals surface area contributed by atoms with Gasteiger partial charge in [-0.15, -0.1) is 0 Å². The molecule has 0 spiro atoms. The van der Waals surface area contributed by atoms with Crippen LogP contribution < -0.4 is 10.1 Å². The molecule has 3 nitrogen and oxygen atoms in total. The second-order valence-electron chi connectivity index (χ2n) is 5.01. The fraction of sp³-hybridized carbons (Fsp3) is 0.400. The van der Waals surface area contributed by atoms with Gasteiger partial charge in [0.15, 0.2) is 5.17 Å². The Morgan fingerprint density at radius 1 is 1.26 bits per heavy atom. The lowest BCUT2D eigenvalue weighted by Gasteiger charge is -2.24. The summed E-state index contributed by atoms with van der Waals surface area (Å²) in [5, 5.41) is 4.29. The van der Waals surface area contributed by atoms with Crippen LogP contribution in [0.25, 0.3) is 0 Å². The lowest BCUT2D eigenvalue weighted by atomic mass is 10.1. The minimum Gasteiger partial charge on any atom is -0.494 e. The predicted octanol–water partition coefficient (Wildman–Crippen LogP) is 4.28. The number of allylic oxidation sites excluding steroid dienone is 1. The van der Waals surface area contributed by atoms with Gasteiger partial charge in [0.05, 0.1) is 12.1 Å². The van der Waals surface area contributed by atoms with Gasteiger partial charge in [-0.25, -0.2) is 0 Å². The van der Waals surface area contributed by atoms with E-state index in [-0.39, 0.29) is 5.54 Å². The molecule has 0 unspecified atom stereocenters. The third-order valence-corrected chi connectivity index (χ3v) is 3.45. The van der Waals surface area contributed by atoms with Crippen molar-refractivity contribution in [1.29, 1.82) is 0 Å². The number of nitrogens with zero attached hydrogens (tertiary/aromatic N) is 1. The van der Waals surface area contributed by atoms with Gasteiger partial charge < -0.3 is 10.1 Å². The highest BCUT2D eigenvalue weighted by Gasteiger charge is 2.20. The predicted molar refractivity (Wildman–Crippen MR) is 84.1 cm³/mol. The van der Waals surface area contributed by atoms with Crippen LogP contribution in [-0.4, -0.2) is 17.3 Å². The molecule has 1 aliphatic heterocycles. The first-order chi connectivity index (χ1) is 8.98. The van der Waals surface area contributed by atoms with E-state index in [2.05, 4.69) is 37.2 Å². The minimum absolute atomic E-state index is 0.136. The molecule has 0 atom stereocenters. The molecule has 0 saturated carbocycles. The largest absolute Gasteiger partial charge is 0.494 e. The highest BCUT2D eigenvalue weighted by molar-refractivity contribution is 8.17. The molecule has 19 heavy (non-hydrogen) atoms. The second kappa shape index (κ2) is 5.70. The molecule has 0 amide bonds. The van der Waals surface area contributed by atoms with Crippen LogP contribution >= 0.6 is 11.8 Å². The van der Waals surface area contributed by atoms with Crippen LogP contribution in [0.3, 0.4) is 0 Å². The summed E-state index contributed by atoms with van der Waals surface area (Å²) in [5.41, 5.74) is 0.892. The number of amidine groups is 1. The van der Waals surface area contributed by atoms with E-state index in [4.69, 9.17) is 4.74 Å². The van der Waals surface area contributed by atoms with E-state index in [1.54, 1.807) is 11.8 Å². The van der Waals surface area contributed by atoms with Gasteiger partial charge in [0.1, 0.15) is 5.75 Å². The highest BCUT2D eigenvalue weighted by atomic mass is 32.2. The summed E-state index contributed by atoms with van der Waals surface area (Å²) in [6.07, 6.45) is 2.18. The number of hydrogen-bond acceptors (Lipinski definition) is 4. The Bertz CT molecular complexity index is 503. The van der Waals surface area contributed by atoms with Gasteiger partial charge in [-0.3, -0.25) is 4.99 Å². The van der Waals surface area contributed by atoms with Gasteiger partial charge in [0.25, 0.3) is 0 Å². The fourth-order valence-corrected chi connectivity index (χ4v) is 3.08. The van der Waals surface area contributed by atoms with Crippen molar-refractivity contribution in [2.45, 2.75) is 33.2 Å². The van der Waals surface area contributed by atoms with Crippen molar-refractivity contribution in [1.82, 2.24) is 0 Å². The smallest absolute Gasteiger partial charge is 0.166 e. The monoisotopic (exact) mass is 276 g/mol. The molecule has 1 N–H and O–H groups in total. The van der Waals surface area contributed by atoms with E-state index in [0.717, 1.165) is 16.6 Å². The third-order valence-electron chi connectivity index (χ3n) is 2.62. The maximum atomic E-state index is 5.43. The molecule has 0 bridgehead atoms. The topological polar surface area (TPSA) is 33.6 Å². The molecule has 0 saturated heterocycles. The first-order valence-electron chi connectivity index (χ1n) is 6.45. The van der Waals surface area contributed by atoms with E-state index in [0.29, 0.717) is 6.61 Å². The van der Waals surface area contributed by atoms with Crippen molar-refractivity contribution in [3.05, 3.63) is 35.2 Å². The Morgan fingerprint density at radius 3 is 2.53 bits per heavy atom. The van der Waals surface area contributed by atoms with Crippen molar-refractivity contribution in [2.24, 2.45) is 4.99 Å². The van der Waals surface area contributed by atoms with Gasteiger partial charge in [0.2, 0.25) is 0 Å². The number of nitrogens with one attached hydrogen (secondary N) is 1. The summed E-state index contributed by atoms with van der Waals surface area (Å²) < 4.78 is 5.43. The minimum atomic E-state index is -0.136. The molecule has 1 aliphatic rings. The summed E-state index contributed by atoms with van der Waals surface area (Å²) in [6.45, 7) is 9.00. The maximum absolute atomic E-state index is 5.43. The molecule has 102 valence electrons. The highest BCUT2D eigenvalue weighted by Crippen LogP contribution is 2.30. The molecule has 4 heteroatoms. The number of anilines is 1. The zero-order valence-electron chi connectivity index (χ0n) is 11.9. The summed E-state index contributed by atoms with van der Waals surface area (Å²) >= 11 is 1.67. The molecule has 1 heterocycles. The maximum Gasteiger partial charge on any atom is 0.166 e. The van der Waals surface area contributed by atoms with Crippen LogP contribution in [0.1, 0.15) is 27.7 Å². The van der Waals surface area contributed by atoms with Gasteiger partial charge in [-0.05, 0) is 62.9 Å². The van der Waals surface area contributed by atoms with Crippen molar-refractivity contribution >= 4 is 22.6 Å². The van der Waals surface area contributed by atoms with Crippen LogP contribution in [0, 0.1) is 0 Å². The average Bonchev–Trinajstić information content (AvgIpc) is 2.29. The molecule has 0 aromatic heterocycles. The number of thioether (sulfide) groups is 1. The van der Waals surface area contributed by atoms with Crippen molar-refractivity contribution in [2.75, 3.05) is 11.9 Å². The standard InChI is InChI=1S/C15H20N2OS/c1-5-18-13-8-6-12(7-9-13)16-14-17-15(3,4)10-11(2)19-14/h6-10H,5H2,1-4H3,(H,16,17). The zero-order valence-corrected chi connectivity index (χ0v) is 12.7. The Morgan fingerprint density at radius 2 is 1.95 bits per heavy atom. The van der Waals surface area contributed by atoms with Gasteiger partial charge in [0, 0.05) is 5.69 Å². The quantitative estimate of drug-likeness (QED) is 0.894. The Balaban J connectivity index is 2.07. The normalized spacial score (nSPS) is 17.5. The summed E-state index contributed by atoms with van der Waals surface area (Å²) in [7, 11) is 0. The third kappa shape index (κ3) is 4.03. The number of aliphatic imine (C=N–C) groups is 1. The van der Waals surface area contributed by atoms with Crippen molar-refractivity contribution < 1.29 is 4.74 Å². The molecule has 2 rings (SSSR count). The summed E-state index contributed by atoms with van der Waals surface area (Å²) in [4.78, 5) is 5.95. The van der Waals surface area contributed by atoms with E-state index in [9.17, 15) is 0 Å². The number of hydrogen-bond donors (Lipinski definition) is 1. The van der Waals surface area contributed by atoms with Gasteiger partial charge in [-0.1, -0.05) is 11.8 Å². The van der Waals surface area contributed by atoms with Gasteiger partial charge >= 0.3 is 0 Å². The average molecular weight is 276 g/mol. The zero-order chi connectivity index (χ0) is 13.9.